The Morgan fingerprint density at radius 3 is 2.06 bits per heavy atom. The molecule has 0 heterocycles. The third-order valence-electron chi connectivity index (χ3n) is 7.39. The number of hydrogen-bond acceptors (Lipinski definition) is 10. The number of esters is 2. The van der Waals surface area contributed by atoms with Crippen LogP contribution in [0.4, 0.5) is 0 Å². The van der Waals surface area contributed by atoms with E-state index in [0.717, 1.165) is 44.9 Å². The van der Waals surface area contributed by atoms with Crippen LogP contribution in [0.15, 0.2) is 48.6 Å². The van der Waals surface area contributed by atoms with Gasteiger partial charge in [0.05, 0.1) is 19.8 Å². The van der Waals surface area contributed by atoms with Crippen LogP contribution in [0.3, 0.4) is 0 Å². The maximum absolute atomic E-state index is 12.5. The summed E-state index contributed by atoms with van der Waals surface area (Å²) in [6.07, 6.45) is 27.0. The van der Waals surface area contributed by atoms with Gasteiger partial charge in [0.2, 0.25) is 0 Å². The highest BCUT2D eigenvalue weighted by Crippen LogP contribution is 2.43. The van der Waals surface area contributed by atoms with Crippen molar-refractivity contribution in [1.82, 2.24) is 0 Å². The van der Waals surface area contributed by atoms with Crippen molar-refractivity contribution in [1.29, 1.82) is 0 Å². The van der Waals surface area contributed by atoms with Crippen LogP contribution in [-0.4, -0.2) is 71.5 Å². The molecule has 0 radical (unpaired) electrons. The van der Waals surface area contributed by atoms with Gasteiger partial charge in [0, 0.05) is 19.3 Å². The highest BCUT2D eigenvalue weighted by molar-refractivity contribution is 7.47. The molecule has 0 saturated carbocycles. The van der Waals surface area contributed by atoms with Crippen LogP contribution < -0.4 is 0 Å². The Labute approximate surface area is 300 Å². The number of carbonyl (C=O) groups is 3. The molecule has 0 aromatic heterocycles. The molecule has 50 heavy (non-hydrogen) atoms. The van der Waals surface area contributed by atoms with E-state index < -0.39 is 58.4 Å². The number of allylic oxidation sites excluding steroid dienone is 8. The Balaban J connectivity index is 4.58. The van der Waals surface area contributed by atoms with Gasteiger partial charge in [-0.15, -0.1) is 0 Å². The average molecular weight is 729 g/mol. The third-order valence-corrected chi connectivity index (χ3v) is 8.34. The molecule has 3 N–H and O–H groups in total. The first-order valence-electron chi connectivity index (χ1n) is 18.4. The number of phosphoric ester groups is 1. The van der Waals surface area contributed by atoms with E-state index in [4.69, 9.17) is 19.1 Å². The van der Waals surface area contributed by atoms with Crippen LogP contribution >= 0.6 is 7.82 Å². The molecule has 0 rings (SSSR count). The van der Waals surface area contributed by atoms with E-state index in [2.05, 4.69) is 49.6 Å². The molecule has 0 spiro atoms. The minimum Gasteiger partial charge on any atom is -0.462 e. The number of hydrogen-bond donors (Lipinski definition) is 3. The molecule has 12 heteroatoms. The standard InChI is InChI=1S/C38H65O11P/c1-4-5-6-7-8-9-10-11-12-13-14-18-21-25-34(40)26-23-28-37(42)46-31-36(32-48-50(44,45)47-30-35(41)29-39)49-38(43)27-22-19-16-15-17-20-24-33(2)3/h8-9,11-12,14,18,21,25,33,35-36,39,41H,4-7,10,13,15-17,19-20,22-24,26-32H2,1-3H3,(H,44,45)/b9-8-,12-11-,18-14-,25-21+/t35-,36+/m0/s1. The molecule has 0 fully saturated rings. The van der Waals surface area contributed by atoms with Gasteiger partial charge in [-0.25, -0.2) is 4.57 Å². The monoisotopic (exact) mass is 728 g/mol. The van der Waals surface area contributed by atoms with Gasteiger partial charge in [-0.05, 0) is 50.5 Å². The van der Waals surface area contributed by atoms with Gasteiger partial charge in [0.1, 0.15) is 12.7 Å². The quantitative estimate of drug-likeness (QED) is 0.0150. The van der Waals surface area contributed by atoms with E-state index in [-0.39, 0.29) is 31.5 Å². The number of ketones is 1. The van der Waals surface area contributed by atoms with Gasteiger partial charge in [0.25, 0.3) is 0 Å². The molecule has 0 bridgehead atoms. The van der Waals surface area contributed by atoms with Crippen molar-refractivity contribution in [3.63, 3.8) is 0 Å². The molecule has 288 valence electrons. The van der Waals surface area contributed by atoms with E-state index >= 15 is 0 Å². The van der Waals surface area contributed by atoms with E-state index in [1.165, 1.54) is 38.2 Å². The lowest BCUT2D eigenvalue weighted by Gasteiger charge is -2.20. The predicted octanol–water partition coefficient (Wildman–Crippen LogP) is 8.03. The van der Waals surface area contributed by atoms with Crippen LogP contribution in [0, 0.1) is 5.92 Å². The summed E-state index contributed by atoms with van der Waals surface area (Å²) < 4.78 is 32.3. The Kier molecular flexibility index (Phi) is 30.9. The van der Waals surface area contributed by atoms with E-state index in [9.17, 15) is 28.9 Å². The Morgan fingerprint density at radius 1 is 0.720 bits per heavy atom. The summed E-state index contributed by atoms with van der Waals surface area (Å²) in [4.78, 5) is 46.8. The number of carbonyl (C=O) groups excluding carboxylic acids is 3. The highest BCUT2D eigenvalue weighted by Gasteiger charge is 2.27. The average Bonchev–Trinajstić information content (AvgIpc) is 3.08. The molecule has 11 nitrogen and oxygen atoms in total. The van der Waals surface area contributed by atoms with Crippen molar-refractivity contribution in [3.05, 3.63) is 48.6 Å². The lowest BCUT2D eigenvalue weighted by Crippen LogP contribution is -2.29. The van der Waals surface area contributed by atoms with E-state index in [1.807, 2.05) is 6.08 Å². The predicted molar refractivity (Wildman–Crippen MR) is 196 cm³/mol. The number of aliphatic hydroxyl groups is 2. The van der Waals surface area contributed by atoms with Crippen LogP contribution in [0.5, 0.6) is 0 Å². The first kappa shape index (κ1) is 47.6. The molecule has 0 aliphatic heterocycles. The molecule has 0 aliphatic rings. The molecule has 1 unspecified atom stereocenters. The molecular weight excluding hydrogens is 663 g/mol. The zero-order chi connectivity index (χ0) is 37.3. The van der Waals surface area contributed by atoms with Gasteiger partial charge in [0.15, 0.2) is 11.9 Å². The zero-order valence-corrected chi connectivity index (χ0v) is 31.6. The summed E-state index contributed by atoms with van der Waals surface area (Å²) in [7, 11) is -4.66. The third kappa shape index (κ3) is 32.8. The Bertz CT molecular complexity index is 1050. The second-order valence-electron chi connectivity index (χ2n) is 12.8. The highest BCUT2D eigenvalue weighted by atomic mass is 31.2. The van der Waals surface area contributed by atoms with Crippen LogP contribution in [0.2, 0.25) is 0 Å². The van der Waals surface area contributed by atoms with Crippen molar-refractivity contribution >= 4 is 25.5 Å². The van der Waals surface area contributed by atoms with Gasteiger partial charge in [-0.3, -0.25) is 23.4 Å². The molecule has 3 atom stereocenters. The molecule has 0 aliphatic carbocycles. The molecule has 0 aromatic rings. The fourth-order valence-electron chi connectivity index (χ4n) is 4.48. The van der Waals surface area contributed by atoms with Crippen molar-refractivity contribution in [2.24, 2.45) is 5.92 Å². The van der Waals surface area contributed by atoms with Crippen molar-refractivity contribution in [2.75, 3.05) is 26.4 Å². The number of rotatable bonds is 33. The van der Waals surface area contributed by atoms with Crippen LogP contribution in [0.1, 0.15) is 130 Å². The minimum absolute atomic E-state index is 0.0490. The topological polar surface area (TPSA) is 166 Å². The van der Waals surface area contributed by atoms with Crippen LogP contribution in [0.25, 0.3) is 0 Å². The lowest BCUT2D eigenvalue weighted by atomic mass is 10.0. The SMILES string of the molecule is CCCCC/C=C\C/C=C\C/C=C\C=C\C(=O)CCCC(=O)OC[C@H](COP(=O)(O)OC[C@@H](O)CO)OC(=O)CCCCCCCCC(C)C. The second-order valence-corrected chi connectivity index (χ2v) is 14.2. The van der Waals surface area contributed by atoms with E-state index in [0.29, 0.717) is 12.3 Å². The van der Waals surface area contributed by atoms with Gasteiger partial charge < -0.3 is 24.6 Å². The number of phosphoric acid groups is 1. The second kappa shape index (κ2) is 32.5. The first-order valence-corrected chi connectivity index (χ1v) is 19.9. The summed E-state index contributed by atoms with van der Waals surface area (Å²) in [5, 5.41) is 18.2. The van der Waals surface area contributed by atoms with Gasteiger partial charge >= 0.3 is 19.8 Å². The number of ether oxygens (including phenoxy) is 2. The summed E-state index contributed by atoms with van der Waals surface area (Å²) >= 11 is 0. The van der Waals surface area contributed by atoms with E-state index in [1.54, 1.807) is 12.2 Å². The van der Waals surface area contributed by atoms with Gasteiger partial charge in [-0.2, -0.15) is 0 Å². The molecular formula is C38H65O11P. The summed E-state index contributed by atoms with van der Waals surface area (Å²) in [5.74, 6) is -0.629. The lowest BCUT2D eigenvalue weighted by molar-refractivity contribution is -0.161. The summed E-state index contributed by atoms with van der Waals surface area (Å²) in [5.41, 5.74) is 0. The zero-order valence-electron chi connectivity index (χ0n) is 30.8. The van der Waals surface area contributed by atoms with Crippen molar-refractivity contribution in [3.8, 4) is 0 Å². The Morgan fingerprint density at radius 2 is 1.36 bits per heavy atom. The maximum Gasteiger partial charge on any atom is 0.472 e. The minimum atomic E-state index is -4.66. The van der Waals surface area contributed by atoms with Gasteiger partial charge in [-0.1, -0.05) is 115 Å². The fourth-order valence-corrected chi connectivity index (χ4v) is 5.27. The van der Waals surface area contributed by atoms with Crippen molar-refractivity contribution in [2.45, 2.75) is 142 Å². The fraction of sp³-hybridized carbons (Fsp3) is 0.711. The largest absolute Gasteiger partial charge is 0.472 e. The normalized spacial score (nSPS) is 14.6. The van der Waals surface area contributed by atoms with Crippen LogP contribution in [-0.2, 0) is 37.5 Å². The summed E-state index contributed by atoms with van der Waals surface area (Å²) in [6.45, 7) is 4.24. The first-order chi connectivity index (χ1) is 24.0. The molecule has 0 saturated heterocycles. The van der Waals surface area contributed by atoms with Crippen molar-refractivity contribution < 1.29 is 52.6 Å². The Hall–Kier alpha value is -2.40. The maximum atomic E-state index is 12.5. The molecule has 0 aromatic carbocycles. The molecule has 0 amide bonds. The number of unbranched alkanes of at least 4 members (excludes halogenated alkanes) is 8. The smallest absolute Gasteiger partial charge is 0.462 e. The number of aliphatic hydroxyl groups excluding tert-OH is 2. The summed E-state index contributed by atoms with van der Waals surface area (Å²) in [6, 6.07) is 0.